The summed E-state index contributed by atoms with van der Waals surface area (Å²) in [6.45, 7) is 3.03. The van der Waals surface area contributed by atoms with Gasteiger partial charge in [0.15, 0.2) is 0 Å². The van der Waals surface area contributed by atoms with E-state index in [0.717, 1.165) is 45.4 Å². The Morgan fingerprint density at radius 1 is 1.10 bits per heavy atom. The molecule has 1 saturated carbocycles. The maximum absolute atomic E-state index is 13.0. The van der Waals surface area contributed by atoms with Gasteiger partial charge in [0.1, 0.15) is 5.78 Å². The van der Waals surface area contributed by atoms with E-state index in [1.54, 1.807) is 0 Å². The lowest BCUT2D eigenvalue weighted by molar-refractivity contribution is -0.140. The van der Waals surface area contributed by atoms with Gasteiger partial charge >= 0.3 is 0 Å². The van der Waals surface area contributed by atoms with Gasteiger partial charge in [-0.2, -0.15) is 11.8 Å². The van der Waals surface area contributed by atoms with Crippen LogP contribution in [0.15, 0.2) is 0 Å². The molecule has 2 spiro atoms. The van der Waals surface area contributed by atoms with Crippen molar-refractivity contribution in [3.63, 3.8) is 0 Å². The van der Waals surface area contributed by atoms with Gasteiger partial charge in [-0.25, -0.2) is 0 Å². The van der Waals surface area contributed by atoms with Crippen molar-refractivity contribution in [2.75, 3.05) is 31.2 Å². The van der Waals surface area contributed by atoms with E-state index in [2.05, 4.69) is 5.32 Å². The van der Waals surface area contributed by atoms with Crippen LogP contribution in [0.5, 0.6) is 0 Å². The molecule has 0 aromatic rings. The average molecular weight is 309 g/mol. The van der Waals surface area contributed by atoms with Crippen LogP contribution in [0.2, 0.25) is 0 Å². The van der Waals surface area contributed by atoms with E-state index < -0.39 is 0 Å². The Balaban J connectivity index is 1.40. The van der Waals surface area contributed by atoms with E-state index in [1.807, 2.05) is 11.8 Å². The average Bonchev–Trinajstić information content (AvgIpc) is 3.21. The van der Waals surface area contributed by atoms with E-state index in [1.165, 1.54) is 30.8 Å². The Morgan fingerprint density at radius 3 is 2.62 bits per heavy atom. The van der Waals surface area contributed by atoms with Crippen LogP contribution in [-0.2, 0) is 9.53 Å². The molecule has 3 nitrogen and oxygen atoms in total. The molecule has 3 saturated heterocycles. The predicted molar refractivity (Wildman–Crippen MR) is 85.6 cm³/mol. The third-order valence-corrected chi connectivity index (χ3v) is 7.42. The topological polar surface area (TPSA) is 38.3 Å². The fourth-order valence-electron chi connectivity index (χ4n) is 4.87. The van der Waals surface area contributed by atoms with Crippen LogP contribution in [-0.4, -0.2) is 42.6 Å². The minimum atomic E-state index is 0.0556. The Kier molecular flexibility index (Phi) is 3.83. The normalized spacial score (nSPS) is 37.5. The number of Topliss-reactive ketones (excluding diaryl/α,β-unsaturated/α-hetero) is 1. The molecule has 0 aromatic heterocycles. The van der Waals surface area contributed by atoms with Crippen LogP contribution in [0.25, 0.3) is 0 Å². The van der Waals surface area contributed by atoms with Crippen molar-refractivity contribution in [3.05, 3.63) is 0 Å². The summed E-state index contributed by atoms with van der Waals surface area (Å²) in [5.74, 6) is 3.69. The third kappa shape index (κ3) is 2.68. The minimum Gasteiger partial charge on any atom is -0.375 e. The van der Waals surface area contributed by atoms with Crippen molar-refractivity contribution in [2.45, 2.75) is 50.5 Å². The van der Waals surface area contributed by atoms with Gasteiger partial charge in [-0.3, -0.25) is 4.79 Å². The van der Waals surface area contributed by atoms with Gasteiger partial charge in [0.2, 0.25) is 0 Å². The van der Waals surface area contributed by atoms with Crippen LogP contribution in [0.3, 0.4) is 0 Å². The highest BCUT2D eigenvalue weighted by Crippen LogP contribution is 2.60. The first-order chi connectivity index (χ1) is 10.2. The lowest BCUT2D eigenvalue weighted by Crippen LogP contribution is -2.45. The molecule has 0 radical (unpaired) electrons. The van der Waals surface area contributed by atoms with Gasteiger partial charge < -0.3 is 10.1 Å². The number of nitrogens with one attached hydrogen (secondary N) is 1. The highest BCUT2D eigenvalue weighted by atomic mass is 32.2. The Morgan fingerprint density at radius 2 is 1.86 bits per heavy atom. The summed E-state index contributed by atoms with van der Waals surface area (Å²) < 4.78 is 6.15. The fraction of sp³-hybridized carbons (Fsp3) is 0.941. The monoisotopic (exact) mass is 309 g/mol. The largest absolute Gasteiger partial charge is 0.375 e. The second kappa shape index (κ2) is 5.54. The predicted octanol–water partition coefficient (Wildman–Crippen LogP) is 2.64. The van der Waals surface area contributed by atoms with Gasteiger partial charge in [0.05, 0.1) is 5.60 Å². The van der Waals surface area contributed by atoms with Crippen LogP contribution < -0.4 is 5.32 Å². The summed E-state index contributed by atoms with van der Waals surface area (Å²) in [5, 5.41) is 3.43. The number of ether oxygens (including phenoxy) is 1. The molecule has 0 bridgehead atoms. The molecule has 1 N–H and O–H groups in total. The number of carbonyl (C=O) groups is 1. The summed E-state index contributed by atoms with van der Waals surface area (Å²) in [7, 11) is 0. The summed E-state index contributed by atoms with van der Waals surface area (Å²) in [6, 6.07) is 0. The number of carbonyl (C=O) groups excluding carboxylic acids is 1. The van der Waals surface area contributed by atoms with E-state index in [-0.39, 0.29) is 5.60 Å². The molecule has 2 unspecified atom stereocenters. The first-order valence-corrected chi connectivity index (χ1v) is 9.85. The van der Waals surface area contributed by atoms with Crippen LogP contribution in [0, 0.1) is 17.3 Å². The molecule has 3 aliphatic heterocycles. The van der Waals surface area contributed by atoms with Crippen molar-refractivity contribution in [1.82, 2.24) is 5.32 Å². The number of rotatable bonds is 2. The smallest absolute Gasteiger partial charge is 0.139 e. The van der Waals surface area contributed by atoms with Gasteiger partial charge in [-0.15, -0.1) is 0 Å². The first kappa shape index (κ1) is 14.5. The van der Waals surface area contributed by atoms with Gasteiger partial charge in [0.25, 0.3) is 0 Å². The maximum Gasteiger partial charge on any atom is 0.139 e. The fourth-order valence-corrected chi connectivity index (χ4v) is 6.11. The zero-order valence-corrected chi connectivity index (χ0v) is 13.7. The van der Waals surface area contributed by atoms with Crippen LogP contribution >= 0.6 is 11.8 Å². The third-order valence-electron chi connectivity index (χ3n) is 6.43. The van der Waals surface area contributed by atoms with E-state index in [9.17, 15) is 4.79 Å². The Hall–Kier alpha value is -0.0600. The van der Waals surface area contributed by atoms with Crippen molar-refractivity contribution in [2.24, 2.45) is 17.3 Å². The molecule has 0 aromatic carbocycles. The second-order valence-corrected chi connectivity index (χ2v) is 8.83. The van der Waals surface area contributed by atoms with Crippen molar-refractivity contribution < 1.29 is 9.53 Å². The van der Waals surface area contributed by atoms with E-state index >= 15 is 0 Å². The second-order valence-electron chi connectivity index (χ2n) is 7.61. The Bertz CT molecular complexity index is 408. The molecule has 21 heavy (non-hydrogen) atoms. The number of hydrogen-bond acceptors (Lipinski definition) is 4. The lowest BCUT2D eigenvalue weighted by Gasteiger charge is -2.43. The molecular formula is C17H27NO2S. The quantitative estimate of drug-likeness (QED) is 0.851. The van der Waals surface area contributed by atoms with Crippen molar-refractivity contribution >= 4 is 17.5 Å². The van der Waals surface area contributed by atoms with Crippen molar-refractivity contribution in [3.8, 4) is 0 Å². The summed E-state index contributed by atoms with van der Waals surface area (Å²) in [6.07, 6.45) is 7.90. The van der Waals surface area contributed by atoms with Gasteiger partial charge in [-0.1, -0.05) is 0 Å². The zero-order valence-electron chi connectivity index (χ0n) is 12.9. The molecule has 118 valence electrons. The zero-order chi connectivity index (χ0) is 14.3. The highest BCUT2D eigenvalue weighted by Gasteiger charge is 2.59. The standard InChI is InChI=1S/C17H27NO2S/c19-15(14-12-16(14)2-6-18-7-3-16)13-1-8-20-17(11-13)4-9-21-10-5-17/h13-14,18H,1-12H2. The molecule has 1 aliphatic carbocycles. The molecule has 4 heteroatoms. The summed E-state index contributed by atoms with van der Waals surface area (Å²) in [5.41, 5.74) is 0.455. The maximum atomic E-state index is 13.0. The molecular weight excluding hydrogens is 282 g/mol. The van der Waals surface area contributed by atoms with Gasteiger partial charge in [0, 0.05) is 18.4 Å². The Labute approximate surface area is 132 Å². The molecule has 3 heterocycles. The van der Waals surface area contributed by atoms with Crippen LogP contribution in [0.1, 0.15) is 44.9 Å². The number of hydrogen-bond donors (Lipinski definition) is 1. The first-order valence-electron chi connectivity index (χ1n) is 8.69. The minimum absolute atomic E-state index is 0.0556. The lowest BCUT2D eigenvalue weighted by atomic mass is 9.77. The van der Waals surface area contributed by atoms with E-state index in [0.29, 0.717) is 23.0 Å². The number of piperidine rings is 1. The summed E-state index contributed by atoms with van der Waals surface area (Å²) in [4.78, 5) is 13.0. The molecule has 4 fully saturated rings. The van der Waals surface area contributed by atoms with Crippen molar-refractivity contribution in [1.29, 1.82) is 0 Å². The molecule has 2 atom stereocenters. The van der Waals surface area contributed by atoms with Gasteiger partial charge in [-0.05, 0) is 75.0 Å². The highest BCUT2D eigenvalue weighted by molar-refractivity contribution is 7.99. The molecule has 0 amide bonds. The number of thioether (sulfide) groups is 1. The van der Waals surface area contributed by atoms with Crippen LogP contribution in [0.4, 0.5) is 0 Å². The number of ketones is 1. The van der Waals surface area contributed by atoms with E-state index in [4.69, 9.17) is 4.74 Å². The molecule has 4 rings (SSSR count). The molecule has 4 aliphatic rings. The SMILES string of the molecule is O=C(C1CCOC2(CCSCC2)C1)C1CC12CCNCC2. The summed E-state index contributed by atoms with van der Waals surface area (Å²) >= 11 is 2.04.